The molecule has 4 heterocycles. The second kappa shape index (κ2) is 9.34. The summed E-state index contributed by atoms with van der Waals surface area (Å²) in [5.41, 5.74) is 3.98. The summed E-state index contributed by atoms with van der Waals surface area (Å²) in [6, 6.07) is 4.07. The van der Waals surface area contributed by atoms with Crippen LogP contribution < -0.4 is 5.32 Å². The number of aromatic nitrogens is 7. The Morgan fingerprint density at radius 3 is 2.74 bits per heavy atom. The molecular weight excluding hydrogens is 468 g/mol. The van der Waals surface area contributed by atoms with Crippen molar-refractivity contribution in [1.82, 2.24) is 33.7 Å². The molecule has 5 rings (SSSR count). The molecule has 1 aliphatic rings. The maximum Gasteiger partial charge on any atom is 0.256 e. The fourth-order valence-corrected chi connectivity index (χ4v) is 5.42. The molecule has 1 aliphatic carbocycles. The smallest absolute Gasteiger partial charge is 0.256 e. The molecule has 12 heteroatoms. The highest BCUT2D eigenvalue weighted by Crippen LogP contribution is 2.30. The lowest BCUT2D eigenvalue weighted by Crippen LogP contribution is -2.17. The van der Waals surface area contributed by atoms with Gasteiger partial charge in [-0.3, -0.25) is 4.98 Å². The first-order valence-corrected chi connectivity index (χ1v) is 13.1. The van der Waals surface area contributed by atoms with Crippen molar-refractivity contribution in [3.05, 3.63) is 48.3 Å². The molecule has 0 aliphatic heterocycles. The van der Waals surface area contributed by atoms with Gasteiger partial charge in [-0.25, -0.2) is 23.4 Å². The maximum absolute atomic E-state index is 12.4. The third kappa shape index (κ3) is 4.76. The average molecular weight is 497 g/mol. The van der Waals surface area contributed by atoms with E-state index < -0.39 is 10.0 Å². The Balaban J connectivity index is 1.40. The van der Waals surface area contributed by atoms with Crippen molar-refractivity contribution in [2.24, 2.45) is 0 Å². The average Bonchev–Trinajstić information content (AvgIpc) is 3.46. The van der Waals surface area contributed by atoms with Crippen LogP contribution in [0.5, 0.6) is 0 Å². The van der Waals surface area contributed by atoms with Crippen LogP contribution in [0.25, 0.3) is 22.4 Å². The van der Waals surface area contributed by atoms with Gasteiger partial charge in [0.2, 0.25) is 5.95 Å². The number of nitrogens with zero attached hydrogens (tertiary/aromatic N) is 7. The zero-order valence-electron chi connectivity index (χ0n) is 19.9. The molecule has 0 amide bonds. The molecule has 0 saturated heterocycles. The largest absolute Gasteiger partial charge is 0.383 e. The zero-order valence-corrected chi connectivity index (χ0v) is 20.7. The standard InChI is InChI=1S/C23H28N8O3S/c1-15(2)31-21-11-18(26-13-20(21)29-23(31)25-8-9-34-3)10-17-6-7-24-22(28-17)16-12-27-30(14-16)35(32,33)19-4-5-19/h6-7,11-15,19H,4-5,8-10H2,1-3H3,(H,25,29). The molecule has 35 heavy (non-hydrogen) atoms. The Hall–Kier alpha value is -3.38. The molecule has 0 bridgehead atoms. The molecule has 184 valence electrons. The Bertz CT molecular complexity index is 1460. The minimum atomic E-state index is -3.43. The van der Waals surface area contributed by atoms with Gasteiger partial charge >= 0.3 is 0 Å². The quantitative estimate of drug-likeness (QED) is 0.329. The molecule has 1 saturated carbocycles. The van der Waals surface area contributed by atoms with Crippen LogP contribution in [0.3, 0.4) is 0 Å². The molecule has 1 fully saturated rings. The zero-order chi connectivity index (χ0) is 24.6. The first kappa shape index (κ1) is 23.4. The third-order valence-corrected chi connectivity index (χ3v) is 7.87. The topological polar surface area (TPSA) is 130 Å². The van der Waals surface area contributed by atoms with Crippen LogP contribution in [-0.2, 0) is 21.2 Å². The fraction of sp³-hybridized carbons (Fsp3) is 0.435. The first-order chi connectivity index (χ1) is 16.9. The van der Waals surface area contributed by atoms with E-state index in [0.29, 0.717) is 43.8 Å². The van der Waals surface area contributed by atoms with Gasteiger partial charge in [-0.2, -0.15) is 9.19 Å². The van der Waals surface area contributed by atoms with E-state index in [-0.39, 0.29) is 11.3 Å². The van der Waals surface area contributed by atoms with Crippen LogP contribution in [0.2, 0.25) is 0 Å². The molecule has 1 N–H and O–H groups in total. The van der Waals surface area contributed by atoms with Crippen LogP contribution in [-0.4, -0.2) is 67.6 Å². The predicted molar refractivity (Wildman–Crippen MR) is 132 cm³/mol. The van der Waals surface area contributed by atoms with Crippen molar-refractivity contribution < 1.29 is 13.2 Å². The van der Waals surface area contributed by atoms with Gasteiger partial charge in [0.05, 0.1) is 47.2 Å². The van der Waals surface area contributed by atoms with E-state index in [1.807, 2.05) is 12.1 Å². The van der Waals surface area contributed by atoms with Gasteiger partial charge in [0, 0.05) is 38.0 Å². The summed E-state index contributed by atoms with van der Waals surface area (Å²) in [5, 5.41) is 7.04. The second-order valence-corrected chi connectivity index (χ2v) is 10.9. The monoisotopic (exact) mass is 496 g/mol. The van der Waals surface area contributed by atoms with Crippen molar-refractivity contribution >= 4 is 27.0 Å². The molecular formula is C23H28N8O3S. The summed E-state index contributed by atoms with van der Waals surface area (Å²) in [7, 11) is -1.76. The van der Waals surface area contributed by atoms with Crippen LogP contribution in [0.15, 0.2) is 36.9 Å². The molecule has 4 aromatic rings. The van der Waals surface area contributed by atoms with Crippen molar-refractivity contribution in [2.45, 2.75) is 44.4 Å². The molecule has 0 aromatic carbocycles. The molecule has 0 unspecified atom stereocenters. The van der Waals surface area contributed by atoms with Gasteiger partial charge in [-0.05, 0) is 38.8 Å². The predicted octanol–water partition coefficient (Wildman–Crippen LogP) is 2.66. The Morgan fingerprint density at radius 2 is 2.00 bits per heavy atom. The van der Waals surface area contributed by atoms with Crippen LogP contribution in [0.4, 0.5) is 5.95 Å². The molecule has 4 aromatic heterocycles. The number of imidazole rings is 1. The van der Waals surface area contributed by atoms with Crippen LogP contribution in [0, 0.1) is 0 Å². The lowest BCUT2D eigenvalue weighted by Gasteiger charge is -2.14. The van der Waals surface area contributed by atoms with Gasteiger partial charge in [0.15, 0.2) is 5.82 Å². The van der Waals surface area contributed by atoms with Crippen molar-refractivity contribution in [2.75, 3.05) is 25.6 Å². The summed E-state index contributed by atoms with van der Waals surface area (Å²) in [5.74, 6) is 1.21. The lowest BCUT2D eigenvalue weighted by atomic mass is 10.2. The number of anilines is 1. The molecule has 0 atom stereocenters. The number of fused-ring (bicyclic) bond motifs is 1. The van der Waals surface area contributed by atoms with E-state index >= 15 is 0 Å². The summed E-state index contributed by atoms with van der Waals surface area (Å²) < 4.78 is 33.2. The minimum absolute atomic E-state index is 0.203. The van der Waals surface area contributed by atoms with Gasteiger partial charge in [0.25, 0.3) is 10.0 Å². The van der Waals surface area contributed by atoms with E-state index in [4.69, 9.17) is 9.72 Å². The van der Waals surface area contributed by atoms with E-state index in [1.165, 1.54) is 12.4 Å². The molecule has 11 nitrogen and oxygen atoms in total. The Labute approximate surface area is 203 Å². The fourth-order valence-electron chi connectivity index (χ4n) is 3.95. The van der Waals surface area contributed by atoms with Crippen LogP contribution in [0.1, 0.15) is 44.1 Å². The van der Waals surface area contributed by atoms with Crippen molar-refractivity contribution in [3.8, 4) is 11.4 Å². The summed E-state index contributed by atoms with van der Waals surface area (Å²) in [4.78, 5) is 18.2. The molecule has 0 radical (unpaired) electrons. The lowest BCUT2D eigenvalue weighted by molar-refractivity contribution is 0.210. The second-order valence-electron chi connectivity index (χ2n) is 8.88. The number of ether oxygens (including phenoxy) is 1. The maximum atomic E-state index is 12.4. The Morgan fingerprint density at radius 1 is 1.17 bits per heavy atom. The highest BCUT2D eigenvalue weighted by Gasteiger charge is 2.37. The first-order valence-electron chi connectivity index (χ1n) is 11.6. The van der Waals surface area contributed by atoms with E-state index in [2.05, 4.69) is 43.8 Å². The molecule has 0 spiro atoms. The number of methoxy groups -OCH3 is 1. The van der Waals surface area contributed by atoms with Gasteiger partial charge in [-0.15, -0.1) is 0 Å². The number of rotatable bonds is 10. The van der Waals surface area contributed by atoms with Crippen molar-refractivity contribution in [1.29, 1.82) is 0 Å². The number of nitrogens with one attached hydrogen (secondary N) is 1. The van der Waals surface area contributed by atoms with E-state index in [9.17, 15) is 8.42 Å². The number of hydrogen-bond acceptors (Lipinski definition) is 9. The highest BCUT2D eigenvalue weighted by molar-refractivity contribution is 7.90. The highest BCUT2D eigenvalue weighted by atomic mass is 32.2. The Kier molecular flexibility index (Phi) is 6.24. The van der Waals surface area contributed by atoms with Crippen molar-refractivity contribution in [3.63, 3.8) is 0 Å². The van der Waals surface area contributed by atoms with E-state index in [1.54, 1.807) is 19.5 Å². The van der Waals surface area contributed by atoms with Gasteiger partial charge in [-0.1, -0.05) is 0 Å². The third-order valence-electron chi connectivity index (χ3n) is 5.84. The van der Waals surface area contributed by atoms with Crippen LogP contribution >= 0.6 is 0 Å². The number of pyridine rings is 1. The van der Waals surface area contributed by atoms with E-state index in [0.717, 1.165) is 32.5 Å². The summed E-state index contributed by atoms with van der Waals surface area (Å²) in [6.07, 6.45) is 8.27. The van der Waals surface area contributed by atoms with Gasteiger partial charge < -0.3 is 14.6 Å². The summed E-state index contributed by atoms with van der Waals surface area (Å²) in [6.45, 7) is 5.48. The SMILES string of the molecule is COCCNc1nc2cnc(Cc3ccnc(-c4cnn(S(=O)(=O)C5CC5)c4)n3)cc2n1C(C)C. The minimum Gasteiger partial charge on any atom is -0.383 e. The normalized spacial score (nSPS) is 14.2. The van der Waals surface area contributed by atoms with Gasteiger partial charge in [0.1, 0.15) is 5.52 Å². The summed E-state index contributed by atoms with van der Waals surface area (Å²) >= 11 is 0. The number of hydrogen-bond donors (Lipinski definition) is 1.